The second kappa shape index (κ2) is 5.34. The van der Waals surface area contributed by atoms with Crippen LogP contribution in [0.2, 0.25) is 0 Å². The molecule has 0 aliphatic carbocycles. The lowest BCUT2D eigenvalue weighted by atomic mass is 9.89. The summed E-state index contributed by atoms with van der Waals surface area (Å²) in [7, 11) is 0. The van der Waals surface area contributed by atoms with Gasteiger partial charge in [-0.25, -0.2) is 0 Å². The molecule has 1 amide bonds. The summed E-state index contributed by atoms with van der Waals surface area (Å²) in [5, 5.41) is 20.9. The third-order valence-electron chi connectivity index (χ3n) is 4.31. The average molecular weight is 318 g/mol. The number of aliphatic hydroxyl groups excluding tert-OH is 1. The van der Waals surface area contributed by atoms with Gasteiger partial charge < -0.3 is 14.7 Å². The number of ether oxygens (including phenoxy) is 1. The summed E-state index contributed by atoms with van der Waals surface area (Å²) in [6.45, 7) is 3.87. The van der Waals surface area contributed by atoms with Crippen LogP contribution in [-0.4, -0.2) is 39.6 Å². The smallest absolute Gasteiger partial charge is 0.270 e. The van der Waals surface area contributed by atoms with Gasteiger partial charge in [0.25, 0.3) is 5.69 Å². The van der Waals surface area contributed by atoms with Crippen molar-refractivity contribution in [1.82, 2.24) is 4.90 Å². The van der Waals surface area contributed by atoms with Crippen LogP contribution >= 0.6 is 0 Å². The van der Waals surface area contributed by atoms with E-state index in [0.29, 0.717) is 35.5 Å². The van der Waals surface area contributed by atoms with Crippen LogP contribution in [0, 0.1) is 10.1 Å². The fourth-order valence-electron chi connectivity index (χ4n) is 3.15. The minimum atomic E-state index is -0.796. The summed E-state index contributed by atoms with van der Waals surface area (Å²) in [4.78, 5) is 24.4. The number of nitro benzene ring substituents is 1. The Balaban J connectivity index is 2.25. The molecule has 7 heteroatoms. The lowest BCUT2D eigenvalue weighted by Crippen LogP contribution is -2.40. The molecule has 2 aliphatic heterocycles. The maximum Gasteiger partial charge on any atom is 0.270 e. The predicted molar refractivity (Wildman–Crippen MR) is 82.8 cm³/mol. The van der Waals surface area contributed by atoms with E-state index in [-0.39, 0.29) is 18.2 Å². The quantitative estimate of drug-likeness (QED) is 0.680. The topological polar surface area (TPSA) is 92.9 Å². The van der Waals surface area contributed by atoms with E-state index in [2.05, 4.69) is 0 Å². The Hall–Kier alpha value is -2.41. The molecule has 1 aromatic carbocycles. The number of amides is 1. The van der Waals surface area contributed by atoms with Crippen molar-refractivity contribution < 1.29 is 19.6 Å². The number of benzene rings is 1. The van der Waals surface area contributed by atoms with E-state index >= 15 is 0 Å². The highest BCUT2D eigenvalue weighted by molar-refractivity contribution is 5.92. The molecule has 122 valence electrons. The fourth-order valence-corrected chi connectivity index (χ4v) is 3.15. The third kappa shape index (κ3) is 2.46. The molecule has 0 saturated carbocycles. The van der Waals surface area contributed by atoms with Gasteiger partial charge in [0.2, 0.25) is 5.91 Å². The zero-order valence-electron chi connectivity index (χ0n) is 13.0. The Kier molecular flexibility index (Phi) is 3.60. The molecule has 0 radical (unpaired) electrons. The largest absolute Gasteiger partial charge is 0.483 e. The van der Waals surface area contributed by atoms with Gasteiger partial charge in [-0.3, -0.25) is 14.9 Å². The summed E-state index contributed by atoms with van der Waals surface area (Å²) in [6, 6.07) is 4.33. The van der Waals surface area contributed by atoms with Crippen molar-refractivity contribution in [3.8, 4) is 5.75 Å². The molecule has 0 bridgehead atoms. The molecule has 1 aromatic rings. The van der Waals surface area contributed by atoms with Crippen LogP contribution in [0.15, 0.2) is 23.8 Å². The predicted octanol–water partition coefficient (Wildman–Crippen LogP) is 2.09. The molecule has 3 rings (SSSR count). The van der Waals surface area contributed by atoms with Crippen molar-refractivity contribution in [2.45, 2.75) is 32.3 Å². The SMILES string of the molecule is CC1(C)Oc2ccc([N+](=O)[O-])cc2C(N2CCCC2=O)=C1CO. The molecule has 2 heterocycles. The van der Waals surface area contributed by atoms with Gasteiger partial charge in [0.05, 0.1) is 17.2 Å². The first kappa shape index (κ1) is 15.5. The molecule has 1 N–H and O–H groups in total. The molecular formula is C16H18N2O5. The van der Waals surface area contributed by atoms with E-state index in [1.54, 1.807) is 11.0 Å². The first-order chi connectivity index (χ1) is 10.8. The van der Waals surface area contributed by atoms with Gasteiger partial charge in [-0.1, -0.05) is 0 Å². The van der Waals surface area contributed by atoms with Crippen molar-refractivity contribution in [2.24, 2.45) is 0 Å². The van der Waals surface area contributed by atoms with Crippen LogP contribution in [-0.2, 0) is 4.79 Å². The second-order valence-electron chi connectivity index (χ2n) is 6.18. The van der Waals surface area contributed by atoms with Gasteiger partial charge >= 0.3 is 0 Å². The second-order valence-corrected chi connectivity index (χ2v) is 6.18. The van der Waals surface area contributed by atoms with Crippen LogP contribution in [0.4, 0.5) is 5.69 Å². The van der Waals surface area contributed by atoms with Crippen molar-refractivity contribution in [3.63, 3.8) is 0 Å². The first-order valence-electron chi connectivity index (χ1n) is 7.48. The maximum atomic E-state index is 12.2. The summed E-state index contributed by atoms with van der Waals surface area (Å²) in [6.07, 6.45) is 1.17. The highest BCUT2D eigenvalue weighted by Crippen LogP contribution is 2.44. The number of hydrogen-bond acceptors (Lipinski definition) is 5. The van der Waals surface area contributed by atoms with E-state index in [9.17, 15) is 20.0 Å². The van der Waals surface area contributed by atoms with Gasteiger partial charge in [-0.05, 0) is 26.3 Å². The van der Waals surface area contributed by atoms with Crippen LogP contribution in [0.25, 0.3) is 5.70 Å². The Morgan fingerprint density at radius 3 is 2.74 bits per heavy atom. The van der Waals surface area contributed by atoms with E-state index in [4.69, 9.17) is 4.74 Å². The van der Waals surface area contributed by atoms with Gasteiger partial charge in [-0.15, -0.1) is 0 Å². The summed E-state index contributed by atoms with van der Waals surface area (Å²) in [5.74, 6) is 0.439. The number of non-ortho nitro benzene ring substituents is 1. The number of fused-ring (bicyclic) bond motifs is 1. The van der Waals surface area contributed by atoms with Crippen molar-refractivity contribution in [3.05, 3.63) is 39.4 Å². The maximum absolute atomic E-state index is 12.2. The van der Waals surface area contributed by atoms with Gasteiger partial charge in [-0.2, -0.15) is 0 Å². The van der Waals surface area contributed by atoms with Crippen molar-refractivity contribution in [2.75, 3.05) is 13.2 Å². The monoisotopic (exact) mass is 318 g/mol. The molecule has 0 spiro atoms. The molecule has 1 saturated heterocycles. The molecule has 0 unspecified atom stereocenters. The fraction of sp³-hybridized carbons (Fsp3) is 0.438. The number of rotatable bonds is 3. The number of nitro groups is 1. The van der Waals surface area contributed by atoms with Gasteiger partial charge in [0, 0.05) is 36.2 Å². The van der Waals surface area contributed by atoms with E-state index < -0.39 is 10.5 Å². The Labute approximate surface area is 133 Å². The molecular weight excluding hydrogens is 300 g/mol. The Bertz CT molecular complexity index is 723. The molecule has 1 fully saturated rings. The normalized spacial score (nSPS) is 19.6. The summed E-state index contributed by atoms with van der Waals surface area (Å²) < 4.78 is 5.90. The summed E-state index contributed by atoms with van der Waals surface area (Å²) >= 11 is 0. The van der Waals surface area contributed by atoms with E-state index in [0.717, 1.165) is 6.42 Å². The van der Waals surface area contributed by atoms with Crippen molar-refractivity contribution >= 4 is 17.3 Å². The molecule has 7 nitrogen and oxygen atoms in total. The highest BCUT2D eigenvalue weighted by atomic mass is 16.6. The van der Waals surface area contributed by atoms with Crippen molar-refractivity contribution in [1.29, 1.82) is 0 Å². The molecule has 2 aliphatic rings. The number of nitrogens with zero attached hydrogens (tertiary/aromatic N) is 2. The molecule has 0 atom stereocenters. The number of likely N-dealkylation sites (tertiary alicyclic amines) is 1. The van der Waals surface area contributed by atoms with Crippen LogP contribution < -0.4 is 4.74 Å². The molecule has 0 aromatic heterocycles. The minimum absolute atomic E-state index is 0.0406. The number of hydrogen-bond donors (Lipinski definition) is 1. The molecule has 23 heavy (non-hydrogen) atoms. The van der Waals surface area contributed by atoms with E-state index in [1.807, 2.05) is 13.8 Å². The number of aliphatic hydroxyl groups is 1. The zero-order chi connectivity index (χ0) is 16.8. The zero-order valence-corrected chi connectivity index (χ0v) is 13.0. The lowest BCUT2D eigenvalue weighted by Gasteiger charge is -2.38. The Morgan fingerprint density at radius 2 is 2.17 bits per heavy atom. The van der Waals surface area contributed by atoms with E-state index in [1.165, 1.54) is 12.1 Å². The first-order valence-corrected chi connectivity index (χ1v) is 7.48. The minimum Gasteiger partial charge on any atom is -0.483 e. The number of carbonyl (C=O) groups is 1. The van der Waals surface area contributed by atoms with Gasteiger partial charge in [0.1, 0.15) is 11.4 Å². The highest BCUT2D eigenvalue weighted by Gasteiger charge is 2.39. The number of carbonyl (C=O) groups excluding carboxylic acids is 1. The standard InChI is InChI=1S/C16H18N2O5/c1-16(2)12(9-19)15(17-7-3-4-14(17)20)11-8-10(18(21)22)5-6-13(11)23-16/h5-6,8,19H,3-4,7,9H2,1-2H3. The lowest BCUT2D eigenvalue weighted by molar-refractivity contribution is -0.384. The summed E-state index contributed by atoms with van der Waals surface area (Å²) in [5.41, 5.74) is 0.716. The average Bonchev–Trinajstić information content (AvgIpc) is 2.90. The Morgan fingerprint density at radius 1 is 1.43 bits per heavy atom. The third-order valence-corrected chi connectivity index (χ3v) is 4.31. The van der Waals surface area contributed by atoms with Crippen LogP contribution in [0.5, 0.6) is 5.75 Å². The van der Waals surface area contributed by atoms with Crippen LogP contribution in [0.3, 0.4) is 0 Å². The van der Waals surface area contributed by atoms with Crippen LogP contribution in [0.1, 0.15) is 32.3 Å². The van der Waals surface area contributed by atoms with Gasteiger partial charge in [0.15, 0.2) is 0 Å².